The molecule has 2 heteroatoms. The number of oxazole rings is 1. The van der Waals surface area contributed by atoms with E-state index in [1.807, 2.05) is 42.5 Å². The van der Waals surface area contributed by atoms with E-state index in [1.165, 1.54) is 5.56 Å². The molecule has 0 unspecified atom stereocenters. The van der Waals surface area contributed by atoms with Crippen molar-refractivity contribution in [1.29, 1.82) is 0 Å². The highest BCUT2D eigenvalue weighted by Gasteiger charge is 2.09. The highest BCUT2D eigenvalue weighted by molar-refractivity contribution is 5.65. The monoisotopic (exact) mass is 235 g/mol. The first kappa shape index (κ1) is 10.8. The predicted molar refractivity (Wildman–Crippen MR) is 72.1 cm³/mol. The average molecular weight is 235 g/mol. The third kappa shape index (κ3) is 1.93. The Balaban J connectivity index is 2.03. The van der Waals surface area contributed by atoms with Crippen LogP contribution < -0.4 is 0 Å². The van der Waals surface area contributed by atoms with E-state index in [0.29, 0.717) is 5.89 Å². The number of hydrogen-bond donors (Lipinski definition) is 0. The van der Waals surface area contributed by atoms with Gasteiger partial charge >= 0.3 is 0 Å². The first-order valence-corrected chi connectivity index (χ1v) is 5.91. The van der Waals surface area contributed by atoms with Gasteiger partial charge in [-0.2, -0.15) is 0 Å². The fourth-order valence-electron chi connectivity index (χ4n) is 1.97. The van der Waals surface area contributed by atoms with Gasteiger partial charge in [-0.1, -0.05) is 42.5 Å². The lowest BCUT2D eigenvalue weighted by Crippen LogP contribution is -1.83. The summed E-state index contributed by atoms with van der Waals surface area (Å²) in [5.74, 6) is 0.661. The van der Waals surface area contributed by atoms with Crippen molar-refractivity contribution in [1.82, 2.24) is 4.98 Å². The number of hydrogen-bond acceptors (Lipinski definition) is 2. The summed E-state index contributed by atoms with van der Waals surface area (Å²) in [4.78, 5) is 4.54. The third-order valence-electron chi connectivity index (χ3n) is 2.95. The standard InChI is InChI=1S/C16H13NO/c1-12-7-5-6-10-14(12)15-11-18-16(17-15)13-8-3-2-4-9-13/h2-11H,1H3. The lowest BCUT2D eigenvalue weighted by atomic mass is 10.1. The van der Waals surface area contributed by atoms with E-state index in [4.69, 9.17) is 4.42 Å². The Bertz CT molecular complexity index is 656. The van der Waals surface area contributed by atoms with Gasteiger partial charge in [0.15, 0.2) is 0 Å². The van der Waals surface area contributed by atoms with Crippen LogP contribution in [0, 0.1) is 6.92 Å². The Kier molecular flexibility index (Phi) is 2.69. The summed E-state index contributed by atoms with van der Waals surface area (Å²) < 4.78 is 5.55. The molecule has 18 heavy (non-hydrogen) atoms. The molecule has 2 nitrogen and oxygen atoms in total. The van der Waals surface area contributed by atoms with Gasteiger partial charge < -0.3 is 4.42 Å². The Morgan fingerprint density at radius 2 is 1.61 bits per heavy atom. The topological polar surface area (TPSA) is 26.0 Å². The summed E-state index contributed by atoms with van der Waals surface area (Å²) in [5.41, 5.74) is 4.19. The van der Waals surface area contributed by atoms with Crippen LogP contribution in [0.25, 0.3) is 22.7 Å². The Morgan fingerprint density at radius 1 is 0.889 bits per heavy atom. The van der Waals surface area contributed by atoms with Crippen molar-refractivity contribution in [2.24, 2.45) is 0 Å². The number of benzene rings is 2. The van der Waals surface area contributed by atoms with Crippen molar-refractivity contribution >= 4 is 0 Å². The molecule has 0 bridgehead atoms. The zero-order valence-corrected chi connectivity index (χ0v) is 10.1. The maximum Gasteiger partial charge on any atom is 0.226 e. The molecule has 88 valence electrons. The van der Waals surface area contributed by atoms with E-state index in [2.05, 4.69) is 24.0 Å². The summed E-state index contributed by atoms with van der Waals surface area (Å²) in [7, 11) is 0. The van der Waals surface area contributed by atoms with Gasteiger partial charge in [0.05, 0.1) is 0 Å². The lowest BCUT2D eigenvalue weighted by molar-refractivity contribution is 0.575. The second kappa shape index (κ2) is 4.49. The summed E-state index contributed by atoms with van der Waals surface area (Å²) >= 11 is 0. The van der Waals surface area contributed by atoms with Crippen molar-refractivity contribution in [2.45, 2.75) is 6.92 Å². The van der Waals surface area contributed by atoms with Gasteiger partial charge in [0.1, 0.15) is 12.0 Å². The van der Waals surface area contributed by atoms with Gasteiger partial charge in [-0.25, -0.2) is 4.98 Å². The van der Waals surface area contributed by atoms with E-state index in [0.717, 1.165) is 16.8 Å². The van der Waals surface area contributed by atoms with Crippen LogP contribution in [0.5, 0.6) is 0 Å². The highest BCUT2D eigenvalue weighted by atomic mass is 16.3. The molecular formula is C16H13NO. The molecule has 0 saturated carbocycles. The van der Waals surface area contributed by atoms with Gasteiger partial charge in [-0.3, -0.25) is 0 Å². The van der Waals surface area contributed by atoms with Gasteiger partial charge in [-0.05, 0) is 24.6 Å². The van der Waals surface area contributed by atoms with Crippen LogP contribution >= 0.6 is 0 Å². The Labute approximate surface area is 106 Å². The molecule has 1 aromatic heterocycles. The fourth-order valence-corrected chi connectivity index (χ4v) is 1.97. The van der Waals surface area contributed by atoms with Crippen molar-refractivity contribution in [2.75, 3.05) is 0 Å². The molecule has 0 atom stereocenters. The summed E-state index contributed by atoms with van der Waals surface area (Å²) in [6.45, 7) is 2.08. The lowest BCUT2D eigenvalue weighted by Gasteiger charge is -1.99. The summed E-state index contributed by atoms with van der Waals surface area (Å²) in [5, 5.41) is 0. The predicted octanol–water partition coefficient (Wildman–Crippen LogP) is 4.32. The number of aromatic nitrogens is 1. The molecular weight excluding hydrogens is 222 g/mol. The molecule has 0 radical (unpaired) electrons. The molecule has 0 N–H and O–H groups in total. The molecule has 0 aliphatic heterocycles. The number of rotatable bonds is 2. The van der Waals surface area contributed by atoms with Crippen molar-refractivity contribution < 1.29 is 4.42 Å². The van der Waals surface area contributed by atoms with Crippen LogP contribution in [0.15, 0.2) is 65.3 Å². The molecule has 0 fully saturated rings. The van der Waals surface area contributed by atoms with Crippen LogP contribution in [0.1, 0.15) is 5.56 Å². The zero-order valence-electron chi connectivity index (χ0n) is 10.1. The summed E-state index contributed by atoms with van der Waals surface area (Å²) in [6, 6.07) is 18.1. The molecule has 0 saturated heterocycles. The van der Waals surface area contributed by atoms with Gasteiger partial charge in [0.2, 0.25) is 5.89 Å². The van der Waals surface area contributed by atoms with Crippen LogP contribution in [0.2, 0.25) is 0 Å². The number of aryl methyl sites for hydroxylation is 1. The van der Waals surface area contributed by atoms with Crippen molar-refractivity contribution in [3.8, 4) is 22.7 Å². The van der Waals surface area contributed by atoms with E-state index in [-0.39, 0.29) is 0 Å². The first-order chi connectivity index (χ1) is 8.84. The normalized spacial score (nSPS) is 10.5. The van der Waals surface area contributed by atoms with Gasteiger partial charge in [0, 0.05) is 11.1 Å². The Hall–Kier alpha value is -2.35. The molecule has 3 rings (SSSR count). The first-order valence-electron chi connectivity index (χ1n) is 5.91. The quantitative estimate of drug-likeness (QED) is 0.661. The van der Waals surface area contributed by atoms with Crippen molar-refractivity contribution in [3.05, 3.63) is 66.4 Å². The molecule has 2 aromatic carbocycles. The third-order valence-corrected chi connectivity index (χ3v) is 2.95. The molecule has 1 heterocycles. The van der Waals surface area contributed by atoms with Gasteiger partial charge in [0.25, 0.3) is 0 Å². The molecule has 0 spiro atoms. The second-order valence-corrected chi connectivity index (χ2v) is 4.22. The molecule has 3 aromatic rings. The van der Waals surface area contributed by atoms with Crippen LogP contribution in [0.3, 0.4) is 0 Å². The zero-order chi connectivity index (χ0) is 12.4. The highest BCUT2D eigenvalue weighted by Crippen LogP contribution is 2.26. The van der Waals surface area contributed by atoms with Crippen LogP contribution in [-0.2, 0) is 0 Å². The van der Waals surface area contributed by atoms with Crippen LogP contribution in [0.4, 0.5) is 0 Å². The minimum absolute atomic E-state index is 0.661. The fraction of sp³-hybridized carbons (Fsp3) is 0.0625. The SMILES string of the molecule is Cc1ccccc1-c1coc(-c2ccccc2)n1. The molecule has 0 amide bonds. The van der Waals surface area contributed by atoms with Crippen molar-refractivity contribution in [3.63, 3.8) is 0 Å². The van der Waals surface area contributed by atoms with Crippen LogP contribution in [-0.4, -0.2) is 4.98 Å². The maximum atomic E-state index is 5.55. The van der Waals surface area contributed by atoms with Gasteiger partial charge in [-0.15, -0.1) is 0 Å². The minimum Gasteiger partial charge on any atom is -0.444 e. The largest absolute Gasteiger partial charge is 0.444 e. The summed E-state index contributed by atoms with van der Waals surface area (Å²) in [6.07, 6.45) is 1.71. The Morgan fingerprint density at radius 3 is 2.39 bits per heavy atom. The van der Waals surface area contributed by atoms with E-state index >= 15 is 0 Å². The average Bonchev–Trinajstić information content (AvgIpc) is 2.90. The number of nitrogens with zero attached hydrogens (tertiary/aromatic N) is 1. The van der Waals surface area contributed by atoms with E-state index < -0.39 is 0 Å². The maximum absolute atomic E-state index is 5.55. The van der Waals surface area contributed by atoms with E-state index in [9.17, 15) is 0 Å². The minimum atomic E-state index is 0.661. The smallest absolute Gasteiger partial charge is 0.226 e. The second-order valence-electron chi connectivity index (χ2n) is 4.22. The molecule has 0 aliphatic rings. The molecule has 0 aliphatic carbocycles. The van der Waals surface area contributed by atoms with E-state index in [1.54, 1.807) is 6.26 Å².